The van der Waals surface area contributed by atoms with Gasteiger partial charge in [-0.15, -0.1) is 0 Å². The molecule has 0 radical (unpaired) electrons. The third-order valence-corrected chi connectivity index (χ3v) is 4.97. The summed E-state index contributed by atoms with van der Waals surface area (Å²) in [6.07, 6.45) is 1.09. The molecule has 3 aromatic carbocycles. The molecule has 2 N–H and O–H groups in total. The van der Waals surface area contributed by atoms with Crippen LogP contribution in [0.4, 0.5) is 0 Å². The molecule has 0 fully saturated rings. The minimum atomic E-state index is -0.666. The topological polar surface area (TPSA) is 101 Å². The summed E-state index contributed by atoms with van der Waals surface area (Å²) in [7, 11) is 0. The number of aromatic nitrogens is 2. The van der Waals surface area contributed by atoms with Gasteiger partial charge in [0.1, 0.15) is 6.29 Å². The summed E-state index contributed by atoms with van der Waals surface area (Å²) in [5, 5.41) is 3.08. The first kappa shape index (κ1) is 20.0. The molecule has 154 valence electrons. The summed E-state index contributed by atoms with van der Waals surface area (Å²) in [6.45, 7) is 0. The number of fused-ring (bicyclic) bond motifs is 1. The van der Waals surface area contributed by atoms with Crippen molar-refractivity contribution in [1.82, 2.24) is 14.9 Å². The number of carbonyl (C=O) groups excluding carboxylic acids is 2. The Labute approximate surface area is 177 Å². The SMILES string of the molecule is O=C[C@H](Cc1ccccc1)NC(=O)c1ccc(-n2c(=O)[nH]c3ccccc3c2=O)cc1. The highest BCUT2D eigenvalue weighted by molar-refractivity contribution is 5.95. The minimum Gasteiger partial charge on any atom is -0.342 e. The Morgan fingerprint density at radius 2 is 1.61 bits per heavy atom. The summed E-state index contributed by atoms with van der Waals surface area (Å²) in [4.78, 5) is 51.8. The van der Waals surface area contributed by atoms with Crippen molar-refractivity contribution in [3.63, 3.8) is 0 Å². The molecule has 1 heterocycles. The number of nitrogens with zero attached hydrogens (tertiary/aromatic N) is 1. The van der Waals surface area contributed by atoms with Crippen LogP contribution in [0, 0.1) is 0 Å². The van der Waals surface area contributed by atoms with Crippen LogP contribution in [0.2, 0.25) is 0 Å². The lowest BCUT2D eigenvalue weighted by Crippen LogP contribution is -2.37. The van der Waals surface area contributed by atoms with Gasteiger partial charge in [0, 0.05) is 5.56 Å². The molecular formula is C24H19N3O4. The molecule has 0 saturated heterocycles. The number of para-hydroxylation sites is 1. The van der Waals surface area contributed by atoms with E-state index in [9.17, 15) is 19.2 Å². The molecule has 1 aromatic heterocycles. The second-order valence-electron chi connectivity index (χ2n) is 7.07. The molecule has 4 aromatic rings. The lowest BCUT2D eigenvalue weighted by Gasteiger charge is -2.13. The van der Waals surface area contributed by atoms with E-state index >= 15 is 0 Å². The zero-order chi connectivity index (χ0) is 21.8. The number of carbonyl (C=O) groups is 2. The number of hydrogen-bond donors (Lipinski definition) is 2. The Morgan fingerprint density at radius 1 is 0.935 bits per heavy atom. The first-order valence-corrected chi connectivity index (χ1v) is 9.71. The fraction of sp³-hybridized carbons (Fsp3) is 0.0833. The molecule has 7 nitrogen and oxygen atoms in total. The number of benzene rings is 3. The van der Waals surface area contributed by atoms with Gasteiger partial charge in [-0.05, 0) is 48.4 Å². The Bertz CT molecular complexity index is 1360. The van der Waals surface area contributed by atoms with E-state index in [0.29, 0.717) is 34.9 Å². The highest BCUT2D eigenvalue weighted by atomic mass is 16.2. The average Bonchev–Trinajstić information content (AvgIpc) is 2.79. The van der Waals surface area contributed by atoms with Gasteiger partial charge in [0.15, 0.2) is 0 Å². The zero-order valence-electron chi connectivity index (χ0n) is 16.4. The molecule has 4 rings (SSSR count). The van der Waals surface area contributed by atoms with Crippen molar-refractivity contribution in [3.05, 3.63) is 111 Å². The maximum Gasteiger partial charge on any atom is 0.333 e. The minimum absolute atomic E-state index is 0.314. The van der Waals surface area contributed by atoms with Gasteiger partial charge in [0.05, 0.1) is 22.6 Å². The molecule has 0 saturated carbocycles. The van der Waals surface area contributed by atoms with E-state index < -0.39 is 23.2 Å². The number of aromatic amines is 1. The van der Waals surface area contributed by atoms with Crippen LogP contribution in [0.3, 0.4) is 0 Å². The van der Waals surface area contributed by atoms with Crippen molar-refractivity contribution in [2.24, 2.45) is 0 Å². The van der Waals surface area contributed by atoms with Crippen LogP contribution in [0.15, 0.2) is 88.5 Å². The van der Waals surface area contributed by atoms with Gasteiger partial charge in [-0.25, -0.2) is 9.36 Å². The lowest BCUT2D eigenvalue weighted by molar-refractivity contribution is -0.109. The van der Waals surface area contributed by atoms with Crippen LogP contribution in [0.5, 0.6) is 0 Å². The van der Waals surface area contributed by atoms with Crippen molar-refractivity contribution < 1.29 is 9.59 Å². The molecular weight excluding hydrogens is 394 g/mol. The predicted molar refractivity (Wildman–Crippen MR) is 118 cm³/mol. The largest absolute Gasteiger partial charge is 0.342 e. The molecule has 0 bridgehead atoms. The third-order valence-electron chi connectivity index (χ3n) is 4.97. The second-order valence-corrected chi connectivity index (χ2v) is 7.07. The van der Waals surface area contributed by atoms with Crippen LogP contribution < -0.4 is 16.6 Å². The molecule has 0 aliphatic rings. The van der Waals surface area contributed by atoms with E-state index in [-0.39, 0.29) is 0 Å². The molecule has 0 aliphatic heterocycles. The summed E-state index contributed by atoms with van der Waals surface area (Å²) in [6, 6.07) is 21.5. The fourth-order valence-electron chi connectivity index (χ4n) is 3.41. The molecule has 31 heavy (non-hydrogen) atoms. The van der Waals surface area contributed by atoms with Gasteiger partial charge in [-0.2, -0.15) is 0 Å². The summed E-state index contributed by atoms with van der Waals surface area (Å²) in [5.74, 6) is -0.417. The van der Waals surface area contributed by atoms with Crippen molar-refractivity contribution in [1.29, 1.82) is 0 Å². The number of aldehydes is 1. The van der Waals surface area contributed by atoms with Crippen molar-refractivity contribution in [2.75, 3.05) is 0 Å². The van der Waals surface area contributed by atoms with E-state index in [1.165, 1.54) is 24.3 Å². The standard InChI is InChI=1S/C24H19N3O4/c28-15-18(14-16-6-2-1-3-7-16)25-22(29)17-10-12-19(13-11-17)27-23(30)20-8-4-5-9-21(20)26-24(27)31/h1-13,15,18H,14H2,(H,25,29)(H,26,31)/t18-/m0/s1. The summed E-state index contributed by atoms with van der Waals surface area (Å²) >= 11 is 0. The van der Waals surface area contributed by atoms with E-state index in [1.54, 1.807) is 24.3 Å². The first-order valence-electron chi connectivity index (χ1n) is 9.71. The molecule has 1 amide bonds. The fourth-order valence-corrected chi connectivity index (χ4v) is 3.41. The van der Waals surface area contributed by atoms with Gasteiger partial charge < -0.3 is 15.1 Å². The quantitative estimate of drug-likeness (QED) is 0.473. The smallest absolute Gasteiger partial charge is 0.333 e. The number of nitrogens with one attached hydrogen (secondary N) is 2. The normalized spacial score (nSPS) is 11.7. The highest BCUT2D eigenvalue weighted by Crippen LogP contribution is 2.10. The van der Waals surface area contributed by atoms with E-state index in [2.05, 4.69) is 10.3 Å². The zero-order valence-corrected chi connectivity index (χ0v) is 16.4. The van der Waals surface area contributed by atoms with E-state index in [4.69, 9.17) is 0 Å². The first-order chi connectivity index (χ1) is 15.1. The Kier molecular flexibility index (Phi) is 5.57. The molecule has 0 aliphatic carbocycles. The Morgan fingerprint density at radius 3 is 2.32 bits per heavy atom. The van der Waals surface area contributed by atoms with Gasteiger partial charge in [0.25, 0.3) is 11.5 Å². The molecule has 0 spiro atoms. The number of rotatable bonds is 6. The highest BCUT2D eigenvalue weighted by Gasteiger charge is 2.15. The maximum atomic E-state index is 12.8. The molecule has 1 atom stereocenters. The number of amides is 1. The van der Waals surface area contributed by atoms with Crippen LogP contribution >= 0.6 is 0 Å². The summed E-state index contributed by atoms with van der Waals surface area (Å²) < 4.78 is 1.02. The predicted octanol–water partition coefficient (Wildman–Crippen LogP) is 2.22. The van der Waals surface area contributed by atoms with Crippen LogP contribution in [0.25, 0.3) is 16.6 Å². The second kappa shape index (κ2) is 8.62. The van der Waals surface area contributed by atoms with Crippen molar-refractivity contribution >= 4 is 23.1 Å². The Balaban J connectivity index is 1.56. The molecule has 0 unspecified atom stereocenters. The third kappa shape index (κ3) is 4.20. The van der Waals surface area contributed by atoms with E-state index in [1.807, 2.05) is 30.3 Å². The van der Waals surface area contributed by atoms with Crippen LogP contribution in [-0.4, -0.2) is 27.8 Å². The number of hydrogen-bond acceptors (Lipinski definition) is 4. The van der Waals surface area contributed by atoms with Crippen LogP contribution in [-0.2, 0) is 11.2 Å². The average molecular weight is 413 g/mol. The van der Waals surface area contributed by atoms with Crippen molar-refractivity contribution in [2.45, 2.75) is 12.5 Å². The van der Waals surface area contributed by atoms with Gasteiger partial charge in [0.2, 0.25) is 0 Å². The molecule has 7 heteroatoms. The van der Waals surface area contributed by atoms with Gasteiger partial charge >= 0.3 is 5.69 Å². The number of H-pyrrole nitrogens is 1. The summed E-state index contributed by atoms with van der Waals surface area (Å²) in [5.41, 5.74) is 1.04. The van der Waals surface area contributed by atoms with Gasteiger partial charge in [-0.3, -0.25) is 9.59 Å². The monoisotopic (exact) mass is 413 g/mol. The van der Waals surface area contributed by atoms with Crippen molar-refractivity contribution in [3.8, 4) is 5.69 Å². The maximum absolute atomic E-state index is 12.8. The van der Waals surface area contributed by atoms with Crippen LogP contribution in [0.1, 0.15) is 15.9 Å². The Hall–Kier alpha value is -4.26. The van der Waals surface area contributed by atoms with E-state index in [0.717, 1.165) is 10.1 Å². The van der Waals surface area contributed by atoms with Gasteiger partial charge in [-0.1, -0.05) is 42.5 Å². The lowest BCUT2D eigenvalue weighted by atomic mass is 10.1.